The zero-order valence-electron chi connectivity index (χ0n) is 23.9. The van der Waals surface area contributed by atoms with Crippen LogP contribution in [-0.2, 0) is 6.54 Å². The predicted octanol–water partition coefficient (Wildman–Crippen LogP) is 5.57. The van der Waals surface area contributed by atoms with Crippen molar-refractivity contribution in [2.24, 2.45) is 11.7 Å². The Kier molecular flexibility index (Phi) is 5.79. The average molecular weight is 563 g/mol. The molecule has 5 aromatic rings. The van der Waals surface area contributed by atoms with Crippen LogP contribution in [-0.4, -0.2) is 55.0 Å². The van der Waals surface area contributed by atoms with Gasteiger partial charge in [-0.2, -0.15) is 4.98 Å². The van der Waals surface area contributed by atoms with E-state index in [2.05, 4.69) is 23.6 Å². The summed E-state index contributed by atoms with van der Waals surface area (Å²) in [6.45, 7) is 2.92. The van der Waals surface area contributed by atoms with Crippen LogP contribution >= 0.6 is 0 Å². The number of methoxy groups -OCH3 is 1. The fourth-order valence-electron chi connectivity index (χ4n) is 7.01. The van der Waals surface area contributed by atoms with E-state index in [0.29, 0.717) is 28.9 Å². The second-order valence-corrected chi connectivity index (χ2v) is 12.0. The van der Waals surface area contributed by atoms with Gasteiger partial charge in [0.1, 0.15) is 22.7 Å². The van der Waals surface area contributed by atoms with Crippen LogP contribution < -0.4 is 15.2 Å². The lowest BCUT2D eigenvalue weighted by Crippen LogP contribution is -2.40. The van der Waals surface area contributed by atoms with Crippen molar-refractivity contribution in [1.82, 2.24) is 23.8 Å². The highest BCUT2D eigenvalue weighted by Crippen LogP contribution is 2.40. The van der Waals surface area contributed by atoms with Crippen LogP contribution in [0.1, 0.15) is 48.2 Å². The highest BCUT2D eigenvalue weighted by atomic mass is 16.5. The van der Waals surface area contributed by atoms with E-state index in [9.17, 15) is 4.79 Å². The molecular formula is C33H34N6O3. The molecule has 9 heteroatoms. The van der Waals surface area contributed by atoms with Crippen molar-refractivity contribution in [1.29, 1.82) is 0 Å². The lowest BCUT2D eigenvalue weighted by Gasteiger charge is -2.23. The second kappa shape index (κ2) is 9.59. The minimum absolute atomic E-state index is 0.0106. The van der Waals surface area contributed by atoms with Crippen LogP contribution in [0.2, 0.25) is 0 Å². The Morgan fingerprint density at radius 2 is 1.86 bits per heavy atom. The number of hydrogen-bond donors (Lipinski definition) is 1. The molecule has 1 saturated carbocycles. The van der Waals surface area contributed by atoms with Crippen LogP contribution in [0.3, 0.4) is 0 Å². The number of hydrogen-bond acceptors (Lipinski definition) is 6. The van der Waals surface area contributed by atoms with E-state index >= 15 is 0 Å². The summed E-state index contributed by atoms with van der Waals surface area (Å²) in [4.78, 5) is 25.8. The van der Waals surface area contributed by atoms with Crippen LogP contribution in [0.5, 0.6) is 17.5 Å². The molecule has 0 unspecified atom stereocenters. The number of aromatic nitrogens is 4. The number of nitrogens with two attached hydrogens (primary N) is 1. The highest BCUT2D eigenvalue weighted by molar-refractivity contribution is 5.96. The summed E-state index contributed by atoms with van der Waals surface area (Å²) in [5.41, 5.74) is 11.3. The molecule has 2 N–H and O–H groups in total. The number of nitrogens with zero attached hydrogens (tertiary/aromatic N) is 5. The summed E-state index contributed by atoms with van der Waals surface area (Å²) < 4.78 is 16.2. The molecule has 3 aliphatic rings. The lowest BCUT2D eigenvalue weighted by molar-refractivity contribution is 0.0726. The van der Waals surface area contributed by atoms with Gasteiger partial charge in [0.25, 0.3) is 5.91 Å². The predicted molar refractivity (Wildman–Crippen MR) is 160 cm³/mol. The SMILES string of the molecule is COc1cc(C(=O)N2[C@H]3CC[C@@H]2[C@H](N)C3)cc2nc(-c3cc4ccc(Oc5ccccc5)nc4n3CC3CC3)c(C)n12. The van der Waals surface area contributed by atoms with Crippen molar-refractivity contribution >= 4 is 22.6 Å². The molecule has 2 bridgehead atoms. The van der Waals surface area contributed by atoms with E-state index in [-0.39, 0.29) is 24.0 Å². The van der Waals surface area contributed by atoms with Gasteiger partial charge in [-0.05, 0) is 75.3 Å². The Bertz CT molecular complexity index is 1840. The normalized spacial score (nSPS) is 21.5. The molecule has 0 radical (unpaired) electrons. The number of carbonyl (C=O) groups excluding carboxylic acids is 1. The molecule has 9 nitrogen and oxygen atoms in total. The average Bonchev–Trinajstić information content (AvgIpc) is 3.32. The van der Waals surface area contributed by atoms with Gasteiger partial charge in [0.2, 0.25) is 5.88 Å². The molecule has 1 aliphatic carbocycles. The first-order chi connectivity index (χ1) is 20.5. The first kappa shape index (κ1) is 25.3. The van der Waals surface area contributed by atoms with Crippen molar-refractivity contribution in [3.05, 3.63) is 71.9 Å². The molecule has 1 amide bonds. The van der Waals surface area contributed by atoms with Gasteiger partial charge in [-0.15, -0.1) is 0 Å². The maximum atomic E-state index is 13.7. The number of rotatable bonds is 7. The van der Waals surface area contributed by atoms with Gasteiger partial charge in [0.05, 0.1) is 18.5 Å². The Labute approximate surface area is 243 Å². The number of fused-ring (bicyclic) bond motifs is 4. The topological polar surface area (TPSA) is 99.9 Å². The molecule has 2 aliphatic heterocycles. The fourth-order valence-corrected chi connectivity index (χ4v) is 7.01. The van der Waals surface area contributed by atoms with Crippen LogP contribution in [0.15, 0.2) is 60.7 Å². The minimum atomic E-state index is 0.0106. The molecule has 2 saturated heterocycles. The van der Waals surface area contributed by atoms with E-state index in [0.717, 1.165) is 59.7 Å². The smallest absolute Gasteiger partial charge is 0.254 e. The molecule has 0 spiro atoms. The van der Waals surface area contributed by atoms with Crippen molar-refractivity contribution in [3.63, 3.8) is 0 Å². The van der Waals surface area contributed by atoms with E-state index in [1.165, 1.54) is 12.8 Å². The summed E-state index contributed by atoms with van der Waals surface area (Å²) in [5, 5.41) is 1.03. The van der Waals surface area contributed by atoms with E-state index in [1.807, 2.05) is 57.8 Å². The minimum Gasteiger partial charge on any atom is -0.482 e. The van der Waals surface area contributed by atoms with Gasteiger partial charge in [-0.3, -0.25) is 9.20 Å². The van der Waals surface area contributed by atoms with Crippen LogP contribution in [0.4, 0.5) is 0 Å². The van der Waals surface area contributed by atoms with Gasteiger partial charge in [0.15, 0.2) is 5.88 Å². The van der Waals surface area contributed by atoms with Crippen molar-refractivity contribution in [2.45, 2.75) is 63.7 Å². The maximum Gasteiger partial charge on any atom is 0.254 e. The molecule has 3 atom stereocenters. The van der Waals surface area contributed by atoms with E-state index in [4.69, 9.17) is 25.2 Å². The summed E-state index contributed by atoms with van der Waals surface area (Å²) in [5.74, 6) is 2.53. The van der Waals surface area contributed by atoms with E-state index < -0.39 is 0 Å². The van der Waals surface area contributed by atoms with Crippen LogP contribution in [0, 0.1) is 12.8 Å². The molecule has 8 rings (SSSR count). The number of amides is 1. The van der Waals surface area contributed by atoms with Gasteiger partial charge >= 0.3 is 0 Å². The van der Waals surface area contributed by atoms with E-state index in [1.54, 1.807) is 7.11 Å². The number of benzene rings is 1. The third-order valence-electron chi connectivity index (χ3n) is 9.26. The summed E-state index contributed by atoms with van der Waals surface area (Å²) >= 11 is 0. The second-order valence-electron chi connectivity index (χ2n) is 12.0. The number of ether oxygens (including phenoxy) is 2. The standard InChI is InChI=1S/C33H34N6O3/c1-19-31(35-28-15-22(16-30(41-2)38(19)28)33(40)39-23-11-12-26(39)25(34)17-23)27-14-21-10-13-29(42-24-6-4-3-5-7-24)36-32(21)37(27)18-20-8-9-20/h3-7,10,13-16,20,23,25-26H,8-9,11-12,17-18,34H2,1-2H3/t23-,25+,26+/m0/s1. The monoisotopic (exact) mass is 562 g/mol. The Morgan fingerprint density at radius 3 is 2.57 bits per heavy atom. The zero-order valence-corrected chi connectivity index (χ0v) is 23.9. The number of aryl methyl sites for hydroxylation is 1. The molecule has 4 aromatic heterocycles. The Balaban J connectivity index is 1.22. The number of imidazole rings is 1. The third-order valence-corrected chi connectivity index (χ3v) is 9.26. The largest absolute Gasteiger partial charge is 0.482 e. The lowest BCUT2D eigenvalue weighted by atomic mass is 9.97. The molecule has 42 heavy (non-hydrogen) atoms. The van der Waals surface area contributed by atoms with Crippen molar-refractivity contribution in [2.75, 3.05) is 7.11 Å². The maximum absolute atomic E-state index is 13.7. The number of carbonyl (C=O) groups is 1. The molecule has 3 fully saturated rings. The molecular weight excluding hydrogens is 528 g/mol. The van der Waals surface area contributed by atoms with Crippen LogP contribution in [0.25, 0.3) is 28.1 Å². The van der Waals surface area contributed by atoms with Gasteiger partial charge in [-0.1, -0.05) is 18.2 Å². The van der Waals surface area contributed by atoms with Gasteiger partial charge < -0.3 is 24.7 Å². The van der Waals surface area contributed by atoms with Crippen molar-refractivity contribution < 1.29 is 14.3 Å². The third kappa shape index (κ3) is 4.06. The Morgan fingerprint density at radius 1 is 1.02 bits per heavy atom. The summed E-state index contributed by atoms with van der Waals surface area (Å²) in [6.07, 6.45) is 5.30. The van der Waals surface area contributed by atoms with Crippen molar-refractivity contribution in [3.8, 4) is 28.9 Å². The first-order valence-electron chi connectivity index (χ1n) is 14.9. The zero-order chi connectivity index (χ0) is 28.5. The summed E-state index contributed by atoms with van der Waals surface area (Å²) in [6, 6.07) is 20.0. The summed E-state index contributed by atoms with van der Waals surface area (Å²) in [7, 11) is 1.64. The molecule has 214 valence electrons. The van der Waals surface area contributed by atoms with Gasteiger partial charge in [0, 0.05) is 47.8 Å². The quantitative estimate of drug-likeness (QED) is 0.278. The molecule has 6 heterocycles. The first-order valence-corrected chi connectivity index (χ1v) is 14.9. The number of pyridine rings is 2. The van der Waals surface area contributed by atoms with Gasteiger partial charge in [-0.25, -0.2) is 4.98 Å². The number of para-hydroxylation sites is 1. The fraction of sp³-hybridized carbons (Fsp3) is 0.364. The molecule has 1 aromatic carbocycles. The Hall–Kier alpha value is -4.37. The highest BCUT2D eigenvalue weighted by Gasteiger charge is 2.47.